The van der Waals surface area contributed by atoms with E-state index in [9.17, 15) is 0 Å². The van der Waals surface area contributed by atoms with E-state index in [2.05, 4.69) is 43.1 Å². The third-order valence-corrected chi connectivity index (χ3v) is 4.84. The average Bonchev–Trinajstić information content (AvgIpc) is 2.42. The first-order chi connectivity index (χ1) is 9.11. The molecule has 1 fully saturated rings. The van der Waals surface area contributed by atoms with Gasteiger partial charge in [-0.05, 0) is 41.7 Å². The molecule has 1 saturated carbocycles. The van der Waals surface area contributed by atoms with E-state index in [0.717, 1.165) is 6.42 Å². The van der Waals surface area contributed by atoms with Crippen LogP contribution in [0.4, 0.5) is 0 Å². The van der Waals surface area contributed by atoms with Crippen LogP contribution in [0.5, 0.6) is 0 Å². The van der Waals surface area contributed by atoms with Gasteiger partial charge in [-0.1, -0.05) is 38.5 Å². The zero-order valence-corrected chi connectivity index (χ0v) is 11.8. The summed E-state index contributed by atoms with van der Waals surface area (Å²) in [5.74, 6) is 1.22. The minimum atomic E-state index is -0.208. The molecule has 0 aliphatic heterocycles. The molecule has 1 aliphatic rings. The van der Waals surface area contributed by atoms with Gasteiger partial charge in [0.25, 0.3) is 0 Å². The Balaban J connectivity index is 2.17. The molecule has 1 aromatic carbocycles. The number of rotatable bonds is 1. The van der Waals surface area contributed by atoms with Crippen LogP contribution in [0.15, 0.2) is 36.7 Å². The largest absolute Gasteiger partial charge is 0.321 e. The lowest BCUT2D eigenvalue weighted by Gasteiger charge is -2.43. The molecule has 3 rings (SSSR count). The fourth-order valence-electron chi connectivity index (χ4n) is 3.57. The SMILES string of the molecule is CC1CCC(C)C(N)(c2cccc3ccncc23)C1. The number of benzene rings is 1. The minimum absolute atomic E-state index is 0.208. The van der Waals surface area contributed by atoms with Crippen LogP contribution in [0.1, 0.15) is 38.7 Å². The van der Waals surface area contributed by atoms with Crippen molar-refractivity contribution in [2.24, 2.45) is 17.6 Å². The zero-order chi connectivity index (χ0) is 13.5. The predicted octanol–water partition coefficient (Wildman–Crippen LogP) is 3.84. The molecule has 2 N–H and O–H groups in total. The van der Waals surface area contributed by atoms with Crippen molar-refractivity contribution >= 4 is 10.8 Å². The summed E-state index contributed by atoms with van der Waals surface area (Å²) in [6, 6.07) is 8.52. The first-order valence-corrected chi connectivity index (χ1v) is 7.23. The predicted molar refractivity (Wildman–Crippen MR) is 79.8 cm³/mol. The lowest BCUT2D eigenvalue weighted by molar-refractivity contribution is 0.163. The molecule has 0 spiro atoms. The highest BCUT2D eigenvalue weighted by Crippen LogP contribution is 2.43. The molecule has 0 radical (unpaired) electrons. The molecule has 19 heavy (non-hydrogen) atoms. The van der Waals surface area contributed by atoms with Gasteiger partial charge in [0.2, 0.25) is 0 Å². The molecule has 1 heterocycles. The standard InChI is InChI=1S/C17H22N2/c1-12-6-7-13(2)17(18,10-12)16-5-3-4-14-8-9-19-11-15(14)16/h3-5,8-9,11-13H,6-7,10,18H2,1-2H3. The van der Waals surface area contributed by atoms with Crippen molar-refractivity contribution in [2.75, 3.05) is 0 Å². The van der Waals surface area contributed by atoms with Gasteiger partial charge in [0, 0.05) is 23.3 Å². The first-order valence-electron chi connectivity index (χ1n) is 7.23. The number of hydrogen-bond acceptors (Lipinski definition) is 2. The number of fused-ring (bicyclic) bond motifs is 1. The quantitative estimate of drug-likeness (QED) is 0.839. The molecule has 0 saturated heterocycles. The molecule has 100 valence electrons. The maximum absolute atomic E-state index is 6.85. The van der Waals surface area contributed by atoms with Crippen molar-refractivity contribution in [1.82, 2.24) is 4.98 Å². The minimum Gasteiger partial charge on any atom is -0.321 e. The molecule has 3 atom stereocenters. The van der Waals surface area contributed by atoms with E-state index in [1.807, 2.05) is 12.4 Å². The van der Waals surface area contributed by atoms with Crippen LogP contribution in [-0.2, 0) is 5.54 Å². The fourth-order valence-corrected chi connectivity index (χ4v) is 3.57. The van der Waals surface area contributed by atoms with Crippen LogP contribution in [-0.4, -0.2) is 4.98 Å². The van der Waals surface area contributed by atoms with E-state index in [-0.39, 0.29) is 5.54 Å². The normalized spacial score (nSPS) is 31.5. The highest BCUT2D eigenvalue weighted by atomic mass is 14.8. The van der Waals surface area contributed by atoms with E-state index >= 15 is 0 Å². The van der Waals surface area contributed by atoms with Gasteiger partial charge in [-0.2, -0.15) is 0 Å². The third kappa shape index (κ3) is 2.04. The zero-order valence-electron chi connectivity index (χ0n) is 11.8. The van der Waals surface area contributed by atoms with E-state index < -0.39 is 0 Å². The van der Waals surface area contributed by atoms with Gasteiger partial charge in [0.1, 0.15) is 0 Å². The Morgan fingerprint density at radius 1 is 1.21 bits per heavy atom. The summed E-state index contributed by atoms with van der Waals surface area (Å²) in [5, 5.41) is 2.45. The van der Waals surface area contributed by atoms with Gasteiger partial charge >= 0.3 is 0 Å². The lowest BCUT2D eigenvalue weighted by atomic mass is 9.66. The molecule has 2 heteroatoms. The summed E-state index contributed by atoms with van der Waals surface area (Å²) in [6.07, 6.45) is 7.40. The molecular formula is C17H22N2. The van der Waals surface area contributed by atoms with Crippen LogP contribution in [0.25, 0.3) is 10.8 Å². The number of nitrogens with zero attached hydrogens (tertiary/aromatic N) is 1. The van der Waals surface area contributed by atoms with Crippen LogP contribution in [0.3, 0.4) is 0 Å². The van der Waals surface area contributed by atoms with Gasteiger partial charge in [0.05, 0.1) is 0 Å². The van der Waals surface area contributed by atoms with E-state index in [1.54, 1.807) is 0 Å². The smallest absolute Gasteiger partial charge is 0.0444 e. The van der Waals surface area contributed by atoms with Gasteiger partial charge in [-0.25, -0.2) is 0 Å². The molecule has 1 aromatic heterocycles. The van der Waals surface area contributed by atoms with Crippen molar-refractivity contribution in [1.29, 1.82) is 0 Å². The lowest BCUT2D eigenvalue weighted by Crippen LogP contribution is -2.47. The number of aromatic nitrogens is 1. The Morgan fingerprint density at radius 3 is 2.89 bits per heavy atom. The van der Waals surface area contributed by atoms with Crippen molar-refractivity contribution in [3.8, 4) is 0 Å². The van der Waals surface area contributed by atoms with Gasteiger partial charge in [-0.15, -0.1) is 0 Å². The summed E-state index contributed by atoms with van der Waals surface area (Å²) < 4.78 is 0. The van der Waals surface area contributed by atoms with E-state index in [4.69, 9.17) is 5.73 Å². The molecule has 1 aliphatic carbocycles. The summed E-state index contributed by atoms with van der Waals surface area (Å²) in [7, 11) is 0. The van der Waals surface area contributed by atoms with Crippen molar-refractivity contribution in [3.05, 3.63) is 42.2 Å². The van der Waals surface area contributed by atoms with Gasteiger partial charge in [0.15, 0.2) is 0 Å². The second kappa shape index (κ2) is 4.61. The summed E-state index contributed by atoms with van der Waals surface area (Å²) in [4.78, 5) is 4.29. The van der Waals surface area contributed by atoms with Crippen LogP contribution >= 0.6 is 0 Å². The van der Waals surface area contributed by atoms with E-state index in [1.165, 1.54) is 29.2 Å². The molecule has 3 unspecified atom stereocenters. The molecule has 0 bridgehead atoms. The Hall–Kier alpha value is -1.41. The topological polar surface area (TPSA) is 38.9 Å². The second-order valence-electron chi connectivity index (χ2n) is 6.23. The van der Waals surface area contributed by atoms with Gasteiger partial charge in [-0.3, -0.25) is 4.98 Å². The highest BCUT2D eigenvalue weighted by molar-refractivity contribution is 5.85. The Bertz CT molecular complexity index is 587. The average molecular weight is 254 g/mol. The molecular weight excluding hydrogens is 232 g/mol. The van der Waals surface area contributed by atoms with E-state index in [0.29, 0.717) is 11.8 Å². The third-order valence-electron chi connectivity index (χ3n) is 4.84. The first kappa shape index (κ1) is 12.6. The van der Waals surface area contributed by atoms with Crippen LogP contribution < -0.4 is 5.73 Å². The maximum atomic E-state index is 6.85. The van der Waals surface area contributed by atoms with Gasteiger partial charge < -0.3 is 5.73 Å². The number of pyridine rings is 1. The monoisotopic (exact) mass is 254 g/mol. The fraction of sp³-hybridized carbons (Fsp3) is 0.471. The van der Waals surface area contributed by atoms with Crippen molar-refractivity contribution in [3.63, 3.8) is 0 Å². The highest BCUT2D eigenvalue weighted by Gasteiger charge is 2.39. The molecule has 0 amide bonds. The maximum Gasteiger partial charge on any atom is 0.0444 e. The summed E-state index contributed by atoms with van der Waals surface area (Å²) in [6.45, 7) is 4.61. The molecule has 2 aromatic rings. The summed E-state index contributed by atoms with van der Waals surface area (Å²) in [5.41, 5.74) is 7.92. The Labute approximate surface area is 115 Å². The summed E-state index contributed by atoms with van der Waals surface area (Å²) >= 11 is 0. The number of hydrogen-bond donors (Lipinski definition) is 1. The van der Waals surface area contributed by atoms with Crippen molar-refractivity contribution in [2.45, 2.75) is 38.6 Å². The second-order valence-corrected chi connectivity index (χ2v) is 6.23. The Morgan fingerprint density at radius 2 is 2.05 bits per heavy atom. The van der Waals surface area contributed by atoms with Crippen LogP contribution in [0, 0.1) is 11.8 Å². The number of nitrogens with two attached hydrogens (primary N) is 1. The Kier molecular flexibility index (Phi) is 3.06. The van der Waals surface area contributed by atoms with Crippen molar-refractivity contribution < 1.29 is 0 Å². The molecule has 2 nitrogen and oxygen atoms in total. The van der Waals surface area contributed by atoms with Crippen LogP contribution in [0.2, 0.25) is 0 Å².